The van der Waals surface area contributed by atoms with Crippen LogP contribution in [0, 0.1) is 6.92 Å². The molecule has 0 bridgehead atoms. The van der Waals surface area contributed by atoms with Gasteiger partial charge in [-0.05, 0) is 32.9 Å². The van der Waals surface area contributed by atoms with Gasteiger partial charge in [-0.15, -0.1) is 0 Å². The van der Waals surface area contributed by atoms with Crippen molar-refractivity contribution < 1.29 is 13.2 Å². The smallest absolute Gasteiger partial charge is 0.249 e. The molecule has 1 fully saturated rings. The number of aromatic nitrogens is 2. The zero-order chi connectivity index (χ0) is 16.0. The average molecular weight is 321 g/mol. The van der Waals surface area contributed by atoms with E-state index >= 15 is 0 Å². The molecule has 2 aromatic rings. The number of para-hydroxylation sites is 1. The average Bonchev–Trinajstić information content (AvgIpc) is 3.03. The molecule has 3 rings (SSSR count). The standard InChI is InChI=1S/C15H19N3O3S/c1-12-14(9-17(16-12)13-7-5-4-6-8-13)22(19,20)18-11-21-10-15(18,2)3/h4-9H,10-11H2,1-3H3. The molecule has 1 aliphatic rings. The molecule has 7 heteroatoms. The van der Waals surface area contributed by atoms with Crippen LogP contribution in [0.2, 0.25) is 0 Å². The van der Waals surface area contributed by atoms with Gasteiger partial charge in [0.25, 0.3) is 0 Å². The zero-order valence-corrected chi connectivity index (χ0v) is 13.7. The molecular weight excluding hydrogens is 302 g/mol. The van der Waals surface area contributed by atoms with E-state index in [1.807, 2.05) is 44.2 Å². The summed E-state index contributed by atoms with van der Waals surface area (Å²) in [6.45, 7) is 5.88. The number of nitrogens with zero attached hydrogens (tertiary/aromatic N) is 3. The molecule has 0 amide bonds. The van der Waals surface area contributed by atoms with Crippen molar-refractivity contribution in [3.05, 3.63) is 42.2 Å². The normalized spacial score (nSPS) is 18.7. The number of hydrogen-bond donors (Lipinski definition) is 0. The second kappa shape index (κ2) is 5.19. The van der Waals surface area contributed by atoms with Crippen LogP contribution >= 0.6 is 0 Å². The Morgan fingerprint density at radius 2 is 1.91 bits per heavy atom. The van der Waals surface area contributed by atoms with Gasteiger partial charge in [0.1, 0.15) is 11.6 Å². The van der Waals surface area contributed by atoms with E-state index in [4.69, 9.17) is 4.74 Å². The molecule has 0 saturated carbocycles. The second-order valence-corrected chi connectivity index (χ2v) is 7.83. The Hall–Kier alpha value is -1.70. The third-order valence-electron chi connectivity index (χ3n) is 3.78. The van der Waals surface area contributed by atoms with Crippen molar-refractivity contribution >= 4 is 10.0 Å². The summed E-state index contributed by atoms with van der Waals surface area (Å²) in [6, 6.07) is 9.44. The molecule has 2 heterocycles. The summed E-state index contributed by atoms with van der Waals surface area (Å²) in [5.74, 6) is 0. The number of ether oxygens (including phenoxy) is 1. The first kappa shape index (κ1) is 15.2. The summed E-state index contributed by atoms with van der Waals surface area (Å²) in [6.07, 6.45) is 1.56. The maximum atomic E-state index is 12.9. The van der Waals surface area contributed by atoms with E-state index in [2.05, 4.69) is 5.10 Å². The molecule has 0 aliphatic carbocycles. The maximum Gasteiger partial charge on any atom is 0.249 e. The predicted molar refractivity (Wildman–Crippen MR) is 82.2 cm³/mol. The molecular formula is C15H19N3O3S. The molecule has 118 valence electrons. The molecule has 6 nitrogen and oxygen atoms in total. The number of rotatable bonds is 3. The highest BCUT2D eigenvalue weighted by atomic mass is 32.2. The molecule has 0 N–H and O–H groups in total. The second-order valence-electron chi connectivity index (χ2n) is 6.00. The quantitative estimate of drug-likeness (QED) is 0.866. The van der Waals surface area contributed by atoms with Crippen molar-refractivity contribution in [3.63, 3.8) is 0 Å². The van der Waals surface area contributed by atoms with Crippen LogP contribution in [0.25, 0.3) is 5.69 Å². The minimum absolute atomic E-state index is 0.0747. The van der Waals surface area contributed by atoms with E-state index < -0.39 is 15.6 Å². The third-order valence-corrected chi connectivity index (χ3v) is 5.92. The first-order chi connectivity index (χ1) is 10.3. The Morgan fingerprint density at radius 3 is 2.50 bits per heavy atom. The van der Waals surface area contributed by atoms with E-state index in [1.165, 1.54) is 4.31 Å². The molecule has 0 atom stereocenters. The molecule has 0 spiro atoms. The summed E-state index contributed by atoms with van der Waals surface area (Å²) < 4.78 is 34.1. The van der Waals surface area contributed by atoms with E-state index in [0.717, 1.165) is 5.69 Å². The molecule has 1 aromatic heterocycles. The number of benzene rings is 1. The van der Waals surface area contributed by atoms with Crippen molar-refractivity contribution in [3.8, 4) is 5.69 Å². The van der Waals surface area contributed by atoms with Crippen molar-refractivity contribution in [2.45, 2.75) is 31.2 Å². The number of aryl methyl sites for hydroxylation is 1. The summed E-state index contributed by atoms with van der Waals surface area (Å²) in [5.41, 5.74) is 0.746. The highest BCUT2D eigenvalue weighted by molar-refractivity contribution is 7.89. The Bertz CT molecular complexity index is 782. The molecule has 0 unspecified atom stereocenters. The van der Waals surface area contributed by atoms with Gasteiger partial charge in [-0.2, -0.15) is 9.40 Å². The fourth-order valence-corrected chi connectivity index (χ4v) is 4.35. The lowest BCUT2D eigenvalue weighted by atomic mass is 10.1. The number of hydrogen-bond acceptors (Lipinski definition) is 4. The van der Waals surface area contributed by atoms with Crippen molar-refractivity contribution in [2.75, 3.05) is 13.3 Å². The van der Waals surface area contributed by atoms with Gasteiger partial charge in [0.15, 0.2) is 0 Å². The van der Waals surface area contributed by atoms with Crippen LogP contribution in [0.1, 0.15) is 19.5 Å². The van der Waals surface area contributed by atoms with Gasteiger partial charge in [0.05, 0.1) is 29.7 Å². The number of sulfonamides is 1. The highest BCUT2D eigenvalue weighted by Crippen LogP contribution is 2.30. The minimum Gasteiger partial charge on any atom is -0.363 e. The largest absolute Gasteiger partial charge is 0.363 e. The van der Waals surface area contributed by atoms with Gasteiger partial charge in [-0.25, -0.2) is 13.1 Å². The van der Waals surface area contributed by atoms with E-state index in [-0.39, 0.29) is 11.6 Å². The van der Waals surface area contributed by atoms with Gasteiger partial charge in [-0.3, -0.25) is 0 Å². The predicted octanol–water partition coefficient (Wildman–Crippen LogP) is 1.94. The van der Waals surface area contributed by atoms with Gasteiger partial charge < -0.3 is 4.74 Å². The third kappa shape index (κ3) is 2.45. The summed E-state index contributed by atoms with van der Waals surface area (Å²) >= 11 is 0. The Kier molecular flexibility index (Phi) is 3.58. The van der Waals surface area contributed by atoms with Gasteiger partial charge in [-0.1, -0.05) is 18.2 Å². The molecule has 0 radical (unpaired) electrons. The highest BCUT2D eigenvalue weighted by Gasteiger charge is 2.43. The Morgan fingerprint density at radius 1 is 1.23 bits per heavy atom. The van der Waals surface area contributed by atoms with Crippen molar-refractivity contribution in [1.82, 2.24) is 14.1 Å². The van der Waals surface area contributed by atoms with Crippen LogP contribution in [0.15, 0.2) is 41.4 Å². The van der Waals surface area contributed by atoms with Crippen LogP contribution in [0.3, 0.4) is 0 Å². The summed E-state index contributed by atoms with van der Waals surface area (Å²) in [4.78, 5) is 0.218. The van der Waals surface area contributed by atoms with Gasteiger partial charge in [0.2, 0.25) is 10.0 Å². The molecule has 22 heavy (non-hydrogen) atoms. The SMILES string of the molecule is Cc1nn(-c2ccccc2)cc1S(=O)(=O)N1COCC1(C)C. The zero-order valence-electron chi connectivity index (χ0n) is 12.9. The first-order valence-electron chi connectivity index (χ1n) is 7.05. The fraction of sp³-hybridized carbons (Fsp3) is 0.400. The summed E-state index contributed by atoms with van der Waals surface area (Å²) in [5, 5.41) is 4.34. The van der Waals surface area contributed by atoms with Gasteiger partial charge in [0, 0.05) is 0 Å². The van der Waals surface area contributed by atoms with Gasteiger partial charge >= 0.3 is 0 Å². The van der Waals surface area contributed by atoms with Crippen molar-refractivity contribution in [2.24, 2.45) is 0 Å². The van der Waals surface area contributed by atoms with E-state index in [0.29, 0.717) is 12.3 Å². The van der Waals surface area contributed by atoms with E-state index in [1.54, 1.807) is 17.8 Å². The Balaban J connectivity index is 2.04. The lowest BCUT2D eigenvalue weighted by Gasteiger charge is -2.27. The molecule has 1 aliphatic heterocycles. The van der Waals surface area contributed by atoms with Crippen LogP contribution in [-0.4, -0.2) is 41.4 Å². The fourth-order valence-electron chi connectivity index (χ4n) is 2.55. The van der Waals surface area contributed by atoms with Crippen LogP contribution < -0.4 is 0 Å². The molecule has 1 saturated heterocycles. The topological polar surface area (TPSA) is 64.4 Å². The maximum absolute atomic E-state index is 12.9. The Labute approximate surface area is 130 Å². The van der Waals surface area contributed by atoms with Crippen LogP contribution in [0.5, 0.6) is 0 Å². The lowest BCUT2D eigenvalue weighted by molar-refractivity contribution is 0.171. The van der Waals surface area contributed by atoms with E-state index in [9.17, 15) is 8.42 Å². The van der Waals surface area contributed by atoms with Crippen molar-refractivity contribution in [1.29, 1.82) is 0 Å². The monoisotopic (exact) mass is 321 g/mol. The first-order valence-corrected chi connectivity index (χ1v) is 8.49. The lowest BCUT2D eigenvalue weighted by Crippen LogP contribution is -2.44. The van der Waals surface area contributed by atoms with Crippen LogP contribution in [-0.2, 0) is 14.8 Å². The minimum atomic E-state index is -3.64. The molecule has 1 aromatic carbocycles. The van der Waals surface area contributed by atoms with Crippen LogP contribution in [0.4, 0.5) is 0 Å². The summed E-state index contributed by atoms with van der Waals surface area (Å²) in [7, 11) is -3.64.